The summed E-state index contributed by atoms with van der Waals surface area (Å²) in [5.41, 5.74) is 2.84. The van der Waals surface area contributed by atoms with Gasteiger partial charge in [0.1, 0.15) is 6.07 Å². The Morgan fingerprint density at radius 2 is 2.17 bits per heavy atom. The van der Waals surface area contributed by atoms with Gasteiger partial charge in [0.05, 0.1) is 11.1 Å². The van der Waals surface area contributed by atoms with E-state index in [1.54, 1.807) is 18.0 Å². The van der Waals surface area contributed by atoms with Gasteiger partial charge in [-0.25, -0.2) is 0 Å². The second-order valence-electron chi connectivity index (χ2n) is 4.84. The first kappa shape index (κ1) is 12.9. The molecule has 0 N–H and O–H groups in total. The number of nitriles is 1. The van der Waals surface area contributed by atoms with Crippen molar-refractivity contribution in [3.8, 4) is 6.07 Å². The topological polar surface area (TPSA) is 36.7 Å². The van der Waals surface area contributed by atoms with Gasteiger partial charge in [-0.15, -0.1) is 11.8 Å². The van der Waals surface area contributed by atoms with Crippen LogP contribution in [-0.2, 0) is 0 Å². The second kappa shape index (κ2) is 5.41. The van der Waals surface area contributed by atoms with Crippen molar-refractivity contribution in [3.05, 3.63) is 35.5 Å². The van der Waals surface area contributed by atoms with E-state index in [0.29, 0.717) is 11.5 Å². The Balaban J connectivity index is 2.57. The molecule has 2 nitrogen and oxygen atoms in total. The molecule has 1 aromatic heterocycles. The number of pyridine rings is 1. The minimum atomic E-state index is 0.606. The Hall–Kier alpha value is -1.53. The molecule has 0 fully saturated rings. The molecule has 1 heterocycles. The van der Waals surface area contributed by atoms with Crippen molar-refractivity contribution in [2.24, 2.45) is 5.92 Å². The van der Waals surface area contributed by atoms with Gasteiger partial charge in [-0.1, -0.05) is 25.5 Å². The molecule has 18 heavy (non-hydrogen) atoms. The van der Waals surface area contributed by atoms with Gasteiger partial charge in [0.2, 0.25) is 0 Å². The van der Waals surface area contributed by atoms with Crippen molar-refractivity contribution >= 4 is 22.7 Å². The number of hydrogen-bond donors (Lipinski definition) is 0. The van der Waals surface area contributed by atoms with Crippen molar-refractivity contribution in [1.82, 2.24) is 4.98 Å². The van der Waals surface area contributed by atoms with Crippen LogP contribution in [0.2, 0.25) is 0 Å². The fourth-order valence-corrected chi connectivity index (χ4v) is 2.84. The number of benzene rings is 1. The van der Waals surface area contributed by atoms with Crippen LogP contribution in [0.25, 0.3) is 10.9 Å². The smallest absolute Gasteiger partial charge is 0.102 e. The lowest BCUT2D eigenvalue weighted by molar-refractivity contribution is 0.750. The summed E-state index contributed by atoms with van der Waals surface area (Å²) in [6.45, 7) is 6.44. The molecule has 2 rings (SSSR count). The van der Waals surface area contributed by atoms with Crippen molar-refractivity contribution in [2.45, 2.75) is 25.7 Å². The van der Waals surface area contributed by atoms with Gasteiger partial charge >= 0.3 is 0 Å². The van der Waals surface area contributed by atoms with Gasteiger partial charge < -0.3 is 0 Å². The molecular weight excluding hydrogens is 240 g/mol. The van der Waals surface area contributed by atoms with Crippen molar-refractivity contribution in [2.75, 3.05) is 5.75 Å². The monoisotopic (exact) mass is 256 g/mol. The molecule has 0 aliphatic carbocycles. The molecule has 2 aromatic rings. The fourth-order valence-electron chi connectivity index (χ4n) is 1.77. The molecule has 1 aromatic carbocycles. The van der Waals surface area contributed by atoms with E-state index in [1.807, 2.05) is 6.07 Å². The molecule has 0 aliphatic rings. The first-order valence-electron chi connectivity index (χ1n) is 6.04. The molecule has 0 unspecified atom stereocenters. The Bertz CT molecular complexity index is 612. The Morgan fingerprint density at radius 3 is 2.83 bits per heavy atom. The summed E-state index contributed by atoms with van der Waals surface area (Å²) in [6, 6.07) is 8.44. The van der Waals surface area contributed by atoms with Crippen molar-refractivity contribution in [1.29, 1.82) is 5.26 Å². The summed E-state index contributed by atoms with van der Waals surface area (Å²) in [5.74, 6) is 1.62. The quantitative estimate of drug-likeness (QED) is 0.774. The highest BCUT2D eigenvalue weighted by atomic mass is 32.2. The van der Waals surface area contributed by atoms with Crippen LogP contribution in [-0.4, -0.2) is 10.7 Å². The van der Waals surface area contributed by atoms with E-state index in [2.05, 4.69) is 44.0 Å². The van der Waals surface area contributed by atoms with E-state index in [0.717, 1.165) is 21.6 Å². The summed E-state index contributed by atoms with van der Waals surface area (Å²) >= 11 is 1.76. The lowest BCUT2D eigenvalue weighted by atomic mass is 10.1. The average molecular weight is 256 g/mol. The van der Waals surface area contributed by atoms with Crippen LogP contribution in [0.4, 0.5) is 0 Å². The molecule has 0 spiro atoms. The molecule has 0 bridgehead atoms. The van der Waals surface area contributed by atoms with E-state index >= 15 is 0 Å². The number of rotatable bonds is 3. The van der Waals surface area contributed by atoms with Crippen LogP contribution in [0.3, 0.4) is 0 Å². The maximum Gasteiger partial charge on any atom is 0.102 e. The number of nitrogens with zero attached hydrogens (tertiary/aromatic N) is 2. The third-order valence-corrected chi connectivity index (χ3v) is 4.22. The number of fused-ring (bicyclic) bond motifs is 1. The van der Waals surface area contributed by atoms with Crippen LogP contribution in [0.1, 0.15) is 25.0 Å². The zero-order chi connectivity index (χ0) is 13.1. The summed E-state index contributed by atoms with van der Waals surface area (Å²) in [7, 11) is 0. The summed E-state index contributed by atoms with van der Waals surface area (Å²) < 4.78 is 0. The lowest BCUT2D eigenvalue weighted by Crippen LogP contribution is -1.94. The van der Waals surface area contributed by atoms with E-state index in [9.17, 15) is 5.26 Å². The third-order valence-electron chi connectivity index (χ3n) is 2.66. The van der Waals surface area contributed by atoms with Gasteiger partial charge in [0, 0.05) is 22.2 Å². The number of aryl methyl sites for hydroxylation is 1. The van der Waals surface area contributed by atoms with Gasteiger partial charge in [-0.3, -0.25) is 4.98 Å². The zero-order valence-corrected chi connectivity index (χ0v) is 11.7. The molecule has 92 valence electrons. The maximum atomic E-state index is 9.21. The Labute approximate surface area is 112 Å². The summed E-state index contributed by atoms with van der Waals surface area (Å²) in [5, 5.41) is 10.3. The molecular formula is C15H16N2S. The van der Waals surface area contributed by atoms with Gasteiger partial charge in [0.25, 0.3) is 0 Å². The molecule has 0 aliphatic heterocycles. The van der Waals surface area contributed by atoms with Crippen LogP contribution < -0.4 is 0 Å². The zero-order valence-electron chi connectivity index (χ0n) is 10.9. The molecule has 0 saturated heterocycles. The number of hydrogen-bond acceptors (Lipinski definition) is 3. The predicted molar refractivity (Wildman–Crippen MR) is 76.8 cm³/mol. The van der Waals surface area contributed by atoms with E-state index < -0.39 is 0 Å². The van der Waals surface area contributed by atoms with Crippen molar-refractivity contribution < 1.29 is 0 Å². The lowest BCUT2D eigenvalue weighted by Gasteiger charge is -2.10. The van der Waals surface area contributed by atoms with Crippen LogP contribution >= 0.6 is 11.8 Å². The highest BCUT2D eigenvalue weighted by molar-refractivity contribution is 7.99. The Kier molecular flexibility index (Phi) is 3.88. The van der Waals surface area contributed by atoms with Crippen LogP contribution in [0.5, 0.6) is 0 Å². The first-order valence-corrected chi connectivity index (χ1v) is 7.02. The van der Waals surface area contributed by atoms with E-state index in [1.165, 1.54) is 5.56 Å². The van der Waals surface area contributed by atoms with E-state index in [-0.39, 0.29) is 0 Å². The molecule has 0 saturated carbocycles. The van der Waals surface area contributed by atoms with Gasteiger partial charge in [-0.2, -0.15) is 5.26 Å². The fraction of sp³-hybridized carbons (Fsp3) is 0.333. The number of aromatic nitrogens is 1. The van der Waals surface area contributed by atoms with Crippen molar-refractivity contribution in [3.63, 3.8) is 0 Å². The first-order chi connectivity index (χ1) is 8.61. The highest BCUT2D eigenvalue weighted by Crippen LogP contribution is 2.31. The third kappa shape index (κ3) is 2.65. The van der Waals surface area contributed by atoms with Crippen LogP contribution in [0, 0.1) is 24.2 Å². The summed E-state index contributed by atoms with van der Waals surface area (Å²) in [4.78, 5) is 5.41. The molecule has 0 atom stereocenters. The standard InChI is InChI=1S/C15H16N2S/c1-10(2)9-18-15-12(7-16)8-17-14-5-4-11(3)6-13(14)15/h4-6,8,10H,9H2,1-3H3. The molecule has 0 amide bonds. The average Bonchev–Trinajstić information content (AvgIpc) is 2.35. The van der Waals surface area contributed by atoms with E-state index in [4.69, 9.17) is 0 Å². The second-order valence-corrected chi connectivity index (χ2v) is 5.87. The SMILES string of the molecule is Cc1ccc2ncc(C#N)c(SCC(C)C)c2c1. The number of thioether (sulfide) groups is 1. The Morgan fingerprint density at radius 1 is 1.39 bits per heavy atom. The minimum Gasteiger partial charge on any atom is -0.255 e. The minimum absolute atomic E-state index is 0.606. The summed E-state index contributed by atoms with van der Waals surface area (Å²) in [6.07, 6.45) is 1.68. The normalized spacial score (nSPS) is 10.8. The highest BCUT2D eigenvalue weighted by Gasteiger charge is 2.10. The van der Waals surface area contributed by atoms with Gasteiger partial charge in [-0.05, 0) is 25.0 Å². The molecule has 3 heteroatoms. The largest absolute Gasteiger partial charge is 0.255 e. The van der Waals surface area contributed by atoms with Crippen LogP contribution in [0.15, 0.2) is 29.3 Å². The maximum absolute atomic E-state index is 9.21. The molecule has 0 radical (unpaired) electrons. The van der Waals surface area contributed by atoms with Gasteiger partial charge in [0.15, 0.2) is 0 Å². The predicted octanol–water partition coefficient (Wildman–Crippen LogP) is 4.16.